The highest BCUT2D eigenvalue weighted by Crippen LogP contribution is 2.29. The van der Waals surface area contributed by atoms with Crippen LogP contribution in [0, 0.1) is 0 Å². The molecule has 2 aromatic rings. The Morgan fingerprint density at radius 3 is 2.92 bits per heavy atom. The van der Waals surface area contributed by atoms with Crippen LogP contribution in [0.3, 0.4) is 0 Å². The Kier molecular flexibility index (Phi) is 2.02. The maximum absolute atomic E-state index is 11.0. The third-order valence-electron chi connectivity index (χ3n) is 1.56. The first-order chi connectivity index (χ1) is 6.09. The fourth-order valence-corrected chi connectivity index (χ4v) is 3.40. The summed E-state index contributed by atoms with van der Waals surface area (Å²) < 4.78 is 22.9. The van der Waals surface area contributed by atoms with Crippen molar-refractivity contribution in [2.75, 3.05) is 0 Å². The number of rotatable bonds is 1. The SMILES string of the molecule is O=S(=O)(Cl)c1csc2cccnc12. The minimum absolute atomic E-state index is 0.0924. The first kappa shape index (κ1) is 8.93. The smallest absolute Gasteiger partial charge is 0.254 e. The first-order valence-corrected chi connectivity index (χ1v) is 6.55. The van der Waals surface area contributed by atoms with Crippen LogP contribution < -0.4 is 0 Å². The lowest BCUT2D eigenvalue weighted by Crippen LogP contribution is -1.88. The minimum Gasteiger partial charge on any atom is -0.254 e. The highest BCUT2D eigenvalue weighted by atomic mass is 35.7. The summed E-state index contributed by atoms with van der Waals surface area (Å²) in [6.07, 6.45) is 1.54. The van der Waals surface area contributed by atoms with Crippen molar-refractivity contribution in [2.24, 2.45) is 0 Å². The highest BCUT2D eigenvalue weighted by molar-refractivity contribution is 8.14. The van der Waals surface area contributed by atoms with Crippen molar-refractivity contribution in [3.63, 3.8) is 0 Å². The predicted molar refractivity (Wildman–Crippen MR) is 52.7 cm³/mol. The normalized spacial score (nSPS) is 12.1. The number of fused-ring (bicyclic) bond motifs is 1. The van der Waals surface area contributed by atoms with Crippen molar-refractivity contribution in [1.29, 1.82) is 0 Å². The molecule has 0 aliphatic carbocycles. The van der Waals surface area contributed by atoms with Gasteiger partial charge in [-0.3, -0.25) is 4.98 Å². The van der Waals surface area contributed by atoms with E-state index >= 15 is 0 Å². The molecule has 0 radical (unpaired) electrons. The van der Waals surface area contributed by atoms with Crippen molar-refractivity contribution in [2.45, 2.75) is 4.90 Å². The van der Waals surface area contributed by atoms with E-state index in [0.29, 0.717) is 5.52 Å². The fraction of sp³-hybridized carbons (Fsp3) is 0. The summed E-state index contributed by atoms with van der Waals surface area (Å²) >= 11 is 1.31. The van der Waals surface area contributed by atoms with Crippen LogP contribution in [0.1, 0.15) is 0 Å². The molecular weight excluding hydrogens is 230 g/mol. The molecular formula is C7H4ClNO2S2. The summed E-state index contributed by atoms with van der Waals surface area (Å²) in [5, 5.41) is 1.50. The monoisotopic (exact) mass is 233 g/mol. The van der Waals surface area contributed by atoms with E-state index in [1.54, 1.807) is 18.3 Å². The van der Waals surface area contributed by atoms with Gasteiger partial charge in [-0.25, -0.2) is 8.42 Å². The third-order valence-corrected chi connectivity index (χ3v) is 3.98. The van der Waals surface area contributed by atoms with E-state index in [9.17, 15) is 8.42 Å². The molecule has 0 aliphatic heterocycles. The fourth-order valence-electron chi connectivity index (χ4n) is 1.02. The predicted octanol–water partition coefficient (Wildman–Crippen LogP) is 2.22. The van der Waals surface area contributed by atoms with E-state index in [1.165, 1.54) is 16.7 Å². The van der Waals surface area contributed by atoms with Gasteiger partial charge in [-0.1, -0.05) is 0 Å². The zero-order chi connectivity index (χ0) is 9.47. The molecule has 0 spiro atoms. The highest BCUT2D eigenvalue weighted by Gasteiger charge is 2.16. The van der Waals surface area contributed by atoms with Crippen molar-refractivity contribution >= 4 is 41.3 Å². The quantitative estimate of drug-likeness (QED) is 0.710. The number of aromatic nitrogens is 1. The number of hydrogen-bond donors (Lipinski definition) is 0. The Morgan fingerprint density at radius 2 is 2.23 bits per heavy atom. The molecule has 0 saturated carbocycles. The molecule has 3 nitrogen and oxygen atoms in total. The number of pyridine rings is 1. The summed E-state index contributed by atoms with van der Waals surface area (Å²) in [5.74, 6) is 0. The van der Waals surface area contributed by atoms with Crippen molar-refractivity contribution < 1.29 is 8.42 Å². The first-order valence-electron chi connectivity index (χ1n) is 3.36. The second kappa shape index (κ2) is 2.94. The number of halogens is 1. The summed E-state index contributed by atoms with van der Waals surface area (Å²) in [7, 11) is 1.55. The second-order valence-corrected chi connectivity index (χ2v) is 5.83. The summed E-state index contributed by atoms with van der Waals surface area (Å²) in [5.41, 5.74) is 0.447. The number of hydrogen-bond acceptors (Lipinski definition) is 4. The summed E-state index contributed by atoms with van der Waals surface area (Å²) in [6.45, 7) is 0. The molecule has 0 atom stereocenters. The maximum atomic E-state index is 11.0. The Bertz CT molecular complexity index is 546. The van der Waals surface area contributed by atoms with E-state index < -0.39 is 9.05 Å². The van der Waals surface area contributed by atoms with Gasteiger partial charge in [-0.05, 0) is 12.1 Å². The van der Waals surface area contributed by atoms with E-state index in [2.05, 4.69) is 4.98 Å². The Hall–Kier alpha value is -0.650. The van der Waals surface area contributed by atoms with Gasteiger partial charge in [-0.2, -0.15) is 0 Å². The maximum Gasteiger partial charge on any atom is 0.264 e. The lowest BCUT2D eigenvalue weighted by molar-refractivity contribution is 0.610. The van der Waals surface area contributed by atoms with Gasteiger partial charge in [0, 0.05) is 22.3 Å². The lowest BCUT2D eigenvalue weighted by Gasteiger charge is -1.90. The van der Waals surface area contributed by atoms with Gasteiger partial charge in [0.25, 0.3) is 9.05 Å². The van der Waals surface area contributed by atoms with Crippen LogP contribution in [0.2, 0.25) is 0 Å². The average molecular weight is 234 g/mol. The molecule has 2 rings (SSSR count). The molecule has 0 bridgehead atoms. The molecule has 0 aliphatic rings. The Balaban J connectivity index is 2.87. The summed E-state index contributed by atoms with van der Waals surface area (Å²) in [4.78, 5) is 4.05. The zero-order valence-corrected chi connectivity index (χ0v) is 8.66. The van der Waals surface area contributed by atoms with E-state index in [-0.39, 0.29) is 4.90 Å². The lowest BCUT2D eigenvalue weighted by atomic mass is 10.4. The van der Waals surface area contributed by atoms with Gasteiger partial charge in [0.2, 0.25) is 0 Å². The van der Waals surface area contributed by atoms with Crippen molar-refractivity contribution in [3.8, 4) is 0 Å². The molecule has 0 amide bonds. The van der Waals surface area contributed by atoms with Crippen LogP contribution in [-0.4, -0.2) is 13.4 Å². The molecule has 2 heterocycles. The van der Waals surface area contributed by atoms with Gasteiger partial charge < -0.3 is 0 Å². The third kappa shape index (κ3) is 1.54. The zero-order valence-electron chi connectivity index (χ0n) is 6.27. The second-order valence-electron chi connectivity index (χ2n) is 2.39. The molecule has 0 unspecified atom stereocenters. The molecule has 0 saturated heterocycles. The van der Waals surface area contributed by atoms with Crippen LogP contribution in [0.25, 0.3) is 10.2 Å². The molecule has 6 heteroatoms. The summed E-state index contributed by atoms with van der Waals surface area (Å²) in [6, 6.07) is 3.56. The molecule has 13 heavy (non-hydrogen) atoms. The minimum atomic E-state index is -3.67. The van der Waals surface area contributed by atoms with E-state index in [1.807, 2.05) is 0 Å². The van der Waals surface area contributed by atoms with Gasteiger partial charge in [0.15, 0.2) is 0 Å². The molecule has 0 fully saturated rings. The van der Waals surface area contributed by atoms with Crippen LogP contribution in [0.15, 0.2) is 28.6 Å². The van der Waals surface area contributed by atoms with Gasteiger partial charge in [-0.15, -0.1) is 11.3 Å². The van der Waals surface area contributed by atoms with Gasteiger partial charge in [0.1, 0.15) is 10.4 Å². The van der Waals surface area contributed by atoms with Gasteiger partial charge in [0.05, 0.1) is 4.70 Å². The molecule has 2 aromatic heterocycles. The van der Waals surface area contributed by atoms with Crippen LogP contribution in [0.5, 0.6) is 0 Å². The Labute approximate surface area is 83.4 Å². The van der Waals surface area contributed by atoms with Crippen LogP contribution in [0.4, 0.5) is 0 Å². The van der Waals surface area contributed by atoms with E-state index in [0.717, 1.165) is 4.70 Å². The van der Waals surface area contributed by atoms with Crippen molar-refractivity contribution in [1.82, 2.24) is 4.98 Å². The van der Waals surface area contributed by atoms with Gasteiger partial charge >= 0.3 is 0 Å². The number of thiophene rings is 1. The number of nitrogens with zero attached hydrogens (tertiary/aromatic N) is 1. The molecule has 0 N–H and O–H groups in total. The van der Waals surface area contributed by atoms with Crippen LogP contribution in [-0.2, 0) is 9.05 Å². The average Bonchev–Trinajstić information content (AvgIpc) is 2.45. The topological polar surface area (TPSA) is 47.0 Å². The standard InChI is InChI=1S/C7H4ClNO2S2/c8-13(10,11)6-4-12-5-2-1-3-9-7(5)6/h1-4H. The van der Waals surface area contributed by atoms with Crippen molar-refractivity contribution in [3.05, 3.63) is 23.7 Å². The van der Waals surface area contributed by atoms with E-state index in [4.69, 9.17) is 10.7 Å². The molecule has 68 valence electrons. The largest absolute Gasteiger partial charge is 0.264 e. The Morgan fingerprint density at radius 1 is 1.46 bits per heavy atom. The molecule has 0 aromatic carbocycles. The van der Waals surface area contributed by atoms with Crippen LogP contribution >= 0.6 is 22.0 Å².